The minimum absolute atomic E-state index is 0.241. The highest BCUT2D eigenvalue weighted by Gasteiger charge is 2.32. The molecule has 0 amide bonds. The smallest absolute Gasteiger partial charge is 0.318 e. The van der Waals surface area contributed by atoms with Crippen LogP contribution in [0.3, 0.4) is 0 Å². The normalized spacial score (nSPS) is 22.5. The molecule has 1 atom stereocenters. The summed E-state index contributed by atoms with van der Waals surface area (Å²) in [6.45, 7) is 5.87. The molecule has 0 bridgehead atoms. The van der Waals surface area contributed by atoms with Gasteiger partial charge in [0.1, 0.15) is 0 Å². The Balaban J connectivity index is 1.48. The molecule has 2 fully saturated rings. The predicted octanol–water partition coefficient (Wildman–Crippen LogP) is 2.84. The van der Waals surface area contributed by atoms with Crippen LogP contribution in [-0.2, 0) is 0 Å². The summed E-state index contributed by atoms with van der Waals surface area (Å²) in [6.07, 6.45) is 4.46. The van der Waals surface area contributed by atoms with Crippen molar-refractivity contribution in [3.8, 4) is 0 Å². The van der Waals surface area contributed by atoms with E-state index in [9.17, 15) is 0 Å². The number of hydrogen-bond donors (Lipinski definition) is 0. The second-order valence-corrected chi connectivity index (χ2v) is 6.63. The first kappa shape index (κ1) is 13.7. The van der Waals surface area contributed by atoms with Crippen LogP contribution in [0, 0.1) is 0 Å². The lowest BCUT2D eigenvalue weighted by Crippen LogP contribution is -2.34. The zero-order valence-corrected chi connectivity index (χ0v) is 13.0. The number of hydrogen-bond acceptors (Lipinski definition) is 7. The maximum atomic E-state index is 5.81. The maximum absolute atomic E-state index is 5.81. The summed E-state index contributed by atoms with van der Waals surface area (Å²) in [7, 11) is 0. The van der Waals surface area contributed by atoms with Gasteiger partial charge < -0.3 is 13.8 Å². The average molecular weight is 303 g/mol. The Bertz CT molecular complexity index is 600. The van der Waals surface area contributed by atoms with Crippen LogP contribution in [-0.4, -0.2) is 33.4 Å². The molecule has 22 heavy (non-hydrogen) atoms. The van der Waals surface area contributed by atoms with Crippen LogP contribution in [0.5, 0.6) is 0 Å². The summed E-state index contributed by atoms with van der Waals surface area (Å²) in [6, 6.07) is 0.634. The number of anilines is 1. The summed E-state index contributed by atoms with van der Waals surface area (Å²) < 4.78 is 11.3. The third-order valence-corrected chi connectivity index (χ3v) is 4.37. The van der Waals surface area contributed by atoms with E-state index in [1.165, 1.54) is 12.8 Å². The highest BCUT2D eigenvalue weighted by atomic mass is 16.5. The van der Waals surface area contributed by atoms with Crippen molar-refractivity contribution in [1.29, 1.82) is 0 Å². The van der Waals surface area contributed by atoms with Gasteiger partial charge in [-0.05, 0) is 25.7 Å². The van der Waals surface area contributed by atoms with E-state index in [1.807, 2.05) is 0 Å². The van der Waals surface area contributed by atoms with Gasteiger partial charge in [-0.3, -0.25) is 0 Å². The standard InChI is InChI=1S/C15H21N5O2/c1-9(2)12-16-13(22-19-12)11-4-3-7-20(8-11)15-18-17-14(21-15)10-5-6-10/h9-11H,3-8H2,1-2H3. The Morgan fingerprint density at radius 3 is 2.68 bits per heavy atom. The van der Waals surface area contributed by atoms with Gasteiger partial charge in [-0.1, -0.05) is 24.1 Å². The van der Waals surface area contributed by atoms with Crippen molar-refractivity contribution in [3.63, 3.8) is 0 Å². The molecule has 2 aliphatic rings. The van der Waals surface area contributed by atoms with Crippen LogP contribution in [0.25, 0.3) is 0 Å². The van der Waals surface area contributed by atoms with Gasteiger partial charge in [0.2, 0.25) is 11.8 Å². The Kier molecular flexibility index (Phi) is 3.35. The van der Waals surface area contributed by atoms with Crippen LogP contribution in [0.1, 0.15) is 74.9 Å². The molecule has 4 rings (SSSR count). The minimum atomic E-state index is 0.241. The molecule has 1 aliphatic carbocycles. The van der Waals surface area contributed by atoms with Crippen molar-refractivity contribution in [2.24, 2.45) is 0 Å². The molecule has 1 aliphatic heterocycles. The molecular formula is C15H21N5O2. The van der Waals surface area contributed by atoms with Crippen LogP contribution in [0.4, 0.5) is 6.01 Å². The molecule has 1 saturated heterocycles. The Morgan fingerprint density at radius 2 is 1.95 bits per heavy atom. The largest absolute Gasteiger partial charge is 0.408 e. The lowest BCUT2D eigenvalue weighted by Gasteiger charge is -2.29. The zero-order chi connectivity index (χ0) is 15.1. The highest BCUT2D eigenvalue weighted by molar-refractivity contribution is 5.27. The topological polar surface area (TPSA) is 81.1 Å². The van der Waals surface area contributed by atoms with Crippen LogP contribution in [0.15, 0.2) is 8.94 Å². The first-order valence-corrected chi connectivity index (χ1v) is 8.12. The Morgan fingerprint density at radius 1 is 1.09 bits per heavy atom. The second kappa shape index (κ2) is 5.37. The quantitative estimate of drug-likeness (QED) is 0.859. The summed E-state index contributed by atoms with van der Waals surface area (Å²) in [5, 5.41) is 12.4. The summed E-state index contributed by atoms with van der Waals surface area (Å²) >= 11 is 0. The molecule has 1 unspecified atom stereocenters. The number of nitrogens with zero attached hydrogens (tertiary/aromatic N) is 5. The van der Waals surface area contributed by atoms with Gasteiger partial charge in [0.25, 0.3) is 0 Å². The molecular weight excluding hydrogens is 282 g/mol. The van der Waals surface area contributed by atoms with Crippen molar-refractivity contribution in [2.75, 3.05) is 18.0 Å². The van der Waals surface area contributed by atoms with Crippen LogP contribution < -0.4 is 4.90 Å². The molecule has 2 aromatic heterocycles. The van der Waals surface area contributed by atoms with Crippen LogP contribution >= 0.6 is 0 Å². The number of aromatic nitrogens is 4. The van der Waals surface area contributed by atoms with E-state index in [1.54, 1.807) is 0 Å². The van der Waals surface area contributed by atoms with Gasteiger partial charge in [0, 0.05) is 24.9 Å². The van der Waals surface area contributed by atoms with Gasteiger partial charge in [-0.25, -0.2) is 0 Å². The molecule has 2 aromatic rings. The van der Waals surface area contributed by atoms with Gasteiger partial charge in [-0.2, -0.15) is 4.98 Å². The van der Waals surface area contributed by atoms with E-state index in [0.29, 0.717) is 11.9 Å². The Hall–Kier alpha value is -1.92. The van der Waals surface area contributed by atoms with E-state index >= 15 is 0 Å². The van der Waals surface area contributed by atoms with Crippen molar-refractivity contribution in [2.45, 2.75) is 57.3 Å². The second-order valence-electron chi connectivity index (χ2n) is 6.63. The molecule has 3 heterocycles. The third kappa shape index (κ3) is 2.60. The average Bonchev–Trinajstić information content (AvgIpc) is 3.06. The van der Waals surface area contributed by atoms with E-state index in [0.717, 1.165) is 43.5 Å². The van der Waals surface area contributed by atoms with Gasteiger partial charge in [0.15, 0.2) is 5.82 Å². The maximum Gasteiger partial charge on any atom is 0.318 e. The lowest BCUT2D eigenvalue weighted by molar-refractivity contribution is 0.325. The molecule has 0 aromatic carbocycles. The first-order valence-electron chi connectivity index (χ1n) is 8.12. The fourth-order valence-electron chi connectivity index (χ4n) is 2.85. The molecule has 0 spiro atoms. The molecule has 0 radical (unpaired) electrons. The zero-order valence-electron chi connectivity index (χ0n) is 13.0. The van der Waals surface area contributed by atoms with Crippen molar-refractivity contribution in [3.05, 3.63) is 17.6 Å². The fraction of sp³-hybridized carbons (Fsp3) is 0.733. The van der Waals surface area contributed by atoms with Crippen molar-refractivity contribution >= 4 is 6.01 Å². The summed E-state index contributed by atoms with van der Waals surface area (Å²) in [4.78, 5) is 6.68. The monoisotopic (exact) mass is 303 g/mol. The molecule has 0 N–H and O–H groups in total. The molecule has 7 heteroatoms. The number of rotatable bonds is 4. The van der Waals surface area contributed by atoms with Crippen molar-refractivity contribution in [1.82, 2.24) is 20.3 Å². The molecule has 118 valence electrons. The molecule has 7 nitrogen and oxygen atoms in total. The van der Waals surface area contributed by atoms with Gasteiger partial charge in [-0.15, -0.1) is 5.10 Å². The minimum Gasteiger partial charge on any atom is -0.408 e. The van der Waals surface area contributed by atoms with Crippen LogP contribution in [0.2, 0.25) is 0 Å². The van der Waals surface area contributed by atoms with Gasteiger partial charge in [0.05, 0.1) is 5.92 Å². The first-order chi connectivity index (χ1) is 10.7. The lowest BCUT2D eigenvalue weighted by atomic mass is 9.98. The fourth-order valence-corrected chi connectivity index (χ4v) is 2.85. The van der Waals surface area contributed by atoms with E-state index in [4.69, 9.17) is 8.94 Å². The van der Waals surface area contributed by atoms with E-state index in [-0.39, 0.29) is 11.8 Å². The molecule has 1 saturated carbocycles. The van der Waals surface area contributed by atoms with E-state index in [2.05, 4.69) is 39.1 Å². The number of piperidine rings is 1. The summed E-state index contributed by atoms with van der Waals surface area (Å²) in [5.41, 5.74) is 0. The highest BCUT2D eigenvalue weighted by Crippen LogP contribution is 2.40. The van der Waals surface area contributed by atoms with E-state index < -0.39 is 0 Å². The third-order valence-electron chi connectivity index (χ3n) is 4.37. The summed E-state index contributed by atoms with van der Waals surface area (Å²) in [5.74, 6) is 3.32. The van der Waals surface area contributed by atoms with Crippen molar-refractivity contribution < 1.29 is 8.94 Å². The SMILES string of the molecule is CC(C)c1noc(C2CCCN(c3nnc(C4CC4)o3)C2)n1. The predicted molar refractivity (Wildman–Crippen MR) is 78.8 cm³/mol. The Labute approximate surface area is 129 Å². The van der Waals surface area contributed by atoms with Gasteiger partial charge >= 0.3 is 6.01 Å².